The van der Waals surface area contributed by atoms with Crippen molar-refractivity contribution >= 4 is 5.57 Å². The Bertz CT molecular complexity index is 1160. The van der Waals surface area contributed by atoms with Gasteiger partial charge >= 0.3 is 0 Å². The summed E-state index contributed by atoms with van der Waals surface area (Å²) in [5.74, 6) is -0.234. The summed E-state index contributed by atoms with van der Waals surface area (Å²) in [6, 6.07) is 27.6. The first-order valence-electron chi connectivity index (χ1n) is 11.9. The number of benzene rings is 3. The molecule has 0 radical (unpaired) electrons. The fourth-order valence-electron chi connectivity index (χ4n) is 4.15. The van der Waals surface area contributed by atoms with Crippen LogP contribution in [0.5, 0.6) is 0 Å². The molecule has 3 aromatic carbocycles. The second kappa shape index (κ2) is 12.2. The Morgan fingerprint density at radius 1 is 0.971 bits per heavy atom. The number of halogens is 1. The number of rotatable bonds is 11. The summed E-state index contributed by atoms with van der Waals surface area (Å²) in [6.45, 7) is 4.29. The van der Waals surface area contributed by atoms with Gasteiger partial charge in [0.15, 0.2) is 0 Å². The highest BCUT2D eigenvalue weighted by Gasteiger charge is 2.16. The van der Waals surface area contributed by atoms with Crippen molar-refractivity contribution in [3.63, 3.8) is 0 Å². The van der Waals surface area contributed by atoms with Crippen molar-refractivity contribution in [1.29, 1.82) is 0 Å². The topological polar surface area (TPSA) is 54.2 Å². The second-order valence-electron chi connectivity index (χ2n) is 8.52. The lowest BCUT2D eigenvalue weighted by Gasteiger charge is -2.29. The molecule has 1 aromatic heterocycles. The average Bonchev–Trinajstić information content (AvgIpc) is 3.35. The Morgan fingerprint density at radius 2 is 1.60 bits per heavy atom. The Labute approximate surface area is 206 Å². The monoisotopic (exact) mass is 470 g/mol. The zero-order valence-corrected chi connectivity index (χ0v) is 20.0. The summed E-state index contributed by atoms with van der Waals surface area (Å²) in [5, 5.41) is 17.5. The van der Waals surface area contributed by atoms with E-state index in [1.807, 2.05) is 35.1 Å². The van der Waals surface area contributed by atoms with E-state index in [4.69, 9.17) is 5.11 Å². The normalized spacial score (nSPS) is 12.0. The van der Waals surface area contributed by atoms with Gasteiger partial charge in [0.2, 0.25) is 0 Å². The number of aliphatic hydroxyl groups excluding tert-OH is 1. The molecule has 1 N–H and O–H groups in total. The predicted molar refractivity (Wildman–Crippen MR) is 137 cm³/mol. The summed E-state index contributed by atoms with van der Waals surface area (Å²) >= 11 is 0. The third kappa shape index (κ3) is 6.72. The maximum atomic E-state index is 13.6. The minimum absolute atomic E-state index is 0.0545. The fourth-order valence-corrected chi connectivity index (χ4v) is 4.15. The summed E-state index contributed by atoms with van der Waals surface area (Å²) in [6.07, 6.45) is 4.64. The number of aliphatic hydroxyl groups is 1. The second-order valence-corrected chi connectivity index (χ2v) is 8.52. The zero-order chi connectivity index (χ0) is 24.5. The molecule has 6 heteroatoms. The molecule has 0 fully saturated rings. The van der Waals surface area contributed by atoms with Gasteiger partial charge in [-0.2, -0.15) is 0 Å². The van der Waals surface area contributed by atoms with Crippen LogP contribution in [-0.2, 0) is 13.0 Å². The Hall–Kier alpha value is -3.61. The highest BCUT2D eigenvalue weighted by Crippen LogP contribution is 2.25. The predicted octanol–water partition coefficient (Wildman–Crippen LogP) is 5.15. The van der Waals surface area contributed by atoms with Crippen LogP contribution in [0.25, 0.3) is 5.57 Å². The van der Waals surface area contributed by atoms with Crippen LogP contribution in [0.15, 0.2) is 97.2 Å². The first-order chi connectivity index (χ1) is 17.1. The summed E-state index contributed by atoms with van der Waals surface area (Å²) in [7, 11) is 0. The largest absolute Gasteiger partial charge is 0.396 e. The Balaban J connectivity index is 1.60. The van der Waals surface area contributed by atoms with E-state index in [0.717, 1.165) is 28.9 Å². The smallest absolute Gasteiger partial charge is 0.123 e. The van der Waals surface area contributed by atoms with E-state index in [1.54, 1.807) is 0 Å². The molecule has 0 saturated heterocycles. The molecule has 4 rings (SSSR count). The lowest BCUT2D eigenvalue weighted by molar-refractivity contribution is 0.221. The van der Waals surface area contributed by atoms with Crippen LogP contribution in [0.1, 0.15) is 35.3 Å². The van der Waals surface area contributed by atoms with Crippen molar-refractivity contribution in [3.8, 4) is 0 Å². The molecule has 0 aliphatic rings. The number of hydrogen-bond acceptors (Lipinski definition) is 4. The van der Waals surface area contributed by atoms with Crippen LogP contribution < -0.4 is 0 Å². The minimum Gasteiger partial charge on any atom is -0.396 e. The van der Waals surface area contributed by atoms with Crippen molar-refractivity contribution in [1.82, 2.24) is 19.9 Å². The van der Waals surface area contributed by atoms with E-state index in [-0.39, 0.29) is 18.5 Å². The molecule has 0 spiro atoms. The molecule has 0 aliphatic carbocycles. The van der Waals surface area contributed by atoms with E-state index >= 15 is 0 Å². The lowest BCUT2D eigenvalue weighted by Crippen LogP contribution is -2.31. The van der Waals surface area contributed by atoms with E-state index < -0.39 is 0 Å². The van der Waals surface area contributed by atoms with Gasteiger partial charge in [-0.15, -0.1) is 5.10 Å². The summed E-state index contributed by atoms with van der Waals surface area (Å²) in [4.78, 5) is 2.35. The average molecular weight is 471 g/mol. The zero-order valence-electron chi connectivity index (χ0n) is 20.0. The molecule has 1 heterocycles. The molecular weight excluding hydrogens is 439 g/mol. The van der Waals surface area contributed by atoms with Gasteiger partial charge in [-0.1, -0.05) is 84.1 Å². The third-order valence-corrected chi connectivity index (χ3v) is 6.17. The van der Waals surface area contributed by atoms with Crippen molar-refractivity contribution in [3.05, 3.63) is 125 Å². The van der Waals surface area contributed by atoms with Crippen LogP contribution >= 0.6 is 0 Å². The fraction of sp³-hybridized carbons (Fsp3) is 0.241. The van der Waals surface area contributed by atoms with Gasteiger partial charge in [-0.05, 0) is 41.3 Å². The molecule has 0 saturated carbocycles. The molecule has 1 atom stereocenters. The van der Waals surface area contributed by atoms with Crippen molar-refractivity contribution in [2.45, 2.75) is 25.9 Å². The van der Waals surface area contributed by atoms with Gasteiger partial charge < -0.3 is 5.11 Å². The van der Waals surface area contributed by atoms with Crippen LogP contribution in [0.2, 0.25) is 0 Å². The molecule has 180 valence electrons. The first-order valence-corrected chi connectivity index (χ1v) is 11.9. The van der Waals surface area contributed by atoms with Crippen molar-refractivity contribution in [2.75, 3.05) is 19.7 Å². The SMILES string of the molecule is C[C@H](c1ccc(F)cc1)N(CC=C(c1ccccc1)c1ccccc1)CCn1cc(CCO)nn1. The van der Waals surface area contributed by atoms with E-state index in [1.165, 1.54) is 17.7 Å². The quantitative estimate of drug-likeness (QED) is 0.330. The Morgan fingerprint density at radius 3 is 2.20 bits per heavy atom. The molecule has 35 heavy (non-hydrogen) atoms. The summed E-state index contributed by atoms with van der Waals surface area (Å²) in [5.41, 5.74) is 5.34. The Kier molecular flexibility index (Phi) is 8.54. The molecule has 0 aliphatic heterocycles. The number of hydrogen-bond donors (Lipinski definition) is 1. The molecule has 5 nitrogen and oxygen atoms in total. The maximum Gasteiger partial charge on any atom is 0.123 e. The van der Waals surface area contributed by atoms with Crippen LogP contribution in [-0.4, -0.2) is 44.7 Å². The highest BCUT2D eigenvalue weighted by molar-refractivity contribution is 5.79. The number of nitrogens with zero attached hydrogens (tertiary/aromatic N) is 4. The standard InChI is InChI=1S/C29H31FN4O/c1-23(24-12-14-27(30)15-13-24)33(19-20-34-22-28(17-21-35)31-32-34)18-16-29(25-8-4-2-5-9-25)26-10-6-3-7-11-26/h2-16,22-23,35H,17-21H2,1H3/t23-/m1/s1. The lowest BCUT2D eigenvalue weighted by atomic mass is 9.97. The van der Waals surface area contributed by atoms with Crippen molar-refractivity contribution < 1.29 is 9.50 Å². The van der Waals surface area contributed by atoms with Gasteiger partial charge in [0.05, 0.1) is 12.2 Å². The number of aromatic nitrogens is 3. The molecule has 0 unspecified atom stereocenters. The molecular formula is C29H31FN4O. The maximum absolute atomic E-state index is 13.6. The van der Waals surface area contributed by atoms with Gasteiger partial charge in [0, 0.05) is 38.4 Å². The van der Waals surface area contributed by atoms with Crippen LogP contribution in [0, 0.1) is 5.82 Å². The van der Waals surface area contributed by atoms with Gasteiger partial charge in [0.1, 0.15) is 5.82 Å². The molecule has 4 aromatic rings. The van der Waals surface area contributed by atoms with Crippen LogP contribution in [0.4, 0.5) is 4.39 Å². The minimum atomic E-state index is -0.234. The van der Waals surface area contributed by atoms with Crippen LogP contribution in [0.3, 0.4) is 0 Å². The molecule has 0 amide bonds. The van der Waals surface area contributed by atoms with E-state index in [0.29, 0.717) is 19.5 Å². The van der Waals surface area contributed by atoms with E-state index in [2.05, 4.69) is 76.7 Å². The van der Waals surface area contributed by atoms with E-state index in [9.17, 15) is 4.39 Å². The first kappa shape index (κ1) is 24.5. The van der Waals surface area contributed by atoms with Crippen molar-refractivity contribution in [2.24, 2.45) is 0 Å². The van der Waals surface area contributed by atoms with Gasteiger partial charge in [-0.3, -0.25) is 9.58 Å². The van der Waals surface area contributed by atoms with Gasteiger partial charge in [-0.25, -0.2) is 4.39 Å². The molecule has 0 bridgehead atoms. The highest BCUT2D eigenvalue weighted by atomic mass is 19.1. The third-order valence-electron chi connectivity index (χ3n) is 6.17. The van der Waals surface area contributed by atoms with Gasteiger partial charge in [0.25, 0.3) is 0 Å². The summed E-state index contributed by atoms with van der Waals surface area (Å²) < 4.78 is 15.4.